The molecule has 0 spiro atoms. The number of carbonyl (C=O) groups is 2. The topological polar surface area (TPSA) is 97.1 Å². The van der Waals surface area contributed by atoms with Crippen LogP contribution in [0.3, 0.4) is 0 Å². The van der Waals surface area contributed by atoms with Crippen LogP contribution in [0, 0.1) is 0 Å². The van der Waals surface area contributed by atoms with Gasteiger partial charge in [0.15, 0.2) is 10.9 Å². The molecule has 1 unspecified atom stereocenters. The molecule has 2 amide bonds. The average molecular weight is 403 g/mol. The van der Waals surface area contributed by atoms with Gasteiger partial charge in [0, 0.05) is 23.3 Å². The fourth-order valence-corrected chi connectivity index (χ4v) is 3.51. The molecule has 2 N–H and O–H groups in total. The van der Waals surface area contributed by atoms with Gasteiger partial charge >= 0.3 is 0 Å². The molecule has 3 aromatic rings. The van der Waals surface area contributed by atoms with Crippen LogP contribution in [0.4, 0.5) is 5.13 Å². The molecule has 1 atom stereocenters. The summed E-state index contributed by atoms with van der Waals surface area (Å²) in [5.74, 6) is 0.174. The Balaban J connectivity index is 1.67. The zero-order valence-corrected chi connectivity index (χ0v) is 16.2. The van der Waals surface area contributed by atoms with E-state index in [1.807, 2.05) is 23.8 Å². The molecule has 0 aliphatic carbocycles. The molecule has 9 heteroatoms. The second-order valence-electron chi connectivity index (χ2n) is 5.55. The molecule has 3 aromatic heterocycles. The molecule has 0 saturated heterocycles. The van der Waals surface area contributed by atoms with Crippen molar-refractivity contribution in [2.24, 2.45) is 0 Å². The summed E-state index contributed by atoms with van der Waals surface area (Å²) in [4.78, 5) is 33.4. The van der Waals surface area contributed by atoms with Gasteiger partial charge in [0.2, 0.25) is 5.91 Å². The highest BCUT2D eigenvalue weighted by Gasteiger charge is 2.23. The van der Waals surface area contributed by atoms with Crippen LogP contribution in [0.2, 0.25) is 0 Å². The number of nitrogens with one attached hydrogen (secondary N) is 2. The number of carbonyl (C=O) groups excluding carboxylic acids is 2. The summed E-state index contributed by atoms with van der Waals surface area (Å²) < 4.78 is 5.09. The Bertz CT molecular complexity index is 881. The third-order valence-corrected chi connectivity index (χ3v) is 5.07. The minimum Gasteiger partial charge on any atom is -0.459 e. The number of pyridine rings is 1. The molecule has 0 radical (unpaired) electrons. The molecule has 3 heterocycles. The second-order valence-corrected chi connectivity index (χ2v) is 7.40. The largest absolute Gasteiger partial charge is 0.459 e. The van der Waals surface area contributed by atoms with E-state index < -0.39 is 11.9 Å². The van der Waals surface area contributed by atoms with E-state index in [9.17, 15) is 9.59 Å². The quantitative estimate of drug-likeness (QED) is 0.600. The summed E-state index contributed by atoms with van der Waals surface area (Å²) >= 11 is 2.93. The van der Waals surface area contributed by atoms with Crippen molar-refractivity contribution in [3.8, 4) is 11.3 Å². The molecular formula is C18H18N4O3S2. The Labute approximate surface area is 164 Å². The third-order valence-electron chi connectivity index (χ3n) is 3.67. The number of nitrogens with zero attached hydrogens (tertiary/aromatic N) is 2. The van der Waals surface area contributed by atoms with E-state index in [0.717, 1.165) is 17.0 Å². The van der Waals surface area contributed by atoms with Crippen molar-refractivity contribution in [1.29, 1.82) is 0 Å². The summed E-state index contributed by atoms with van der Waals surface area (Å²) in [6.45, 7) is 0. The maximum absolute atomic E-state index is 12.7. The first-order chi connectivity index (χ1) is 13.2. The standard InChI is InChI=1S/C18H18N4O3S2/c1-26-9-6-13(20-17(24)15-5-3-8-25-15)16(23)22-18-21-14(11-27-18)12-4-2-7-19-10-12/h2-5,7-8,10-11,13H,6,9H2,1H3,(H,20,24)(H,21,22,23). The highest BCUT2D eigenvalue weighted by Crippen LogP contribution is 2.24. The normalized spacial score (nSPS) is 11.7. The highest BCUT2D eigenvalue weighted by atomic mass is 32.2. The number of amides is 2. The van der Waals surface area contributed by atoms with Gasteiger partial charge < -0.3 is 15.1 Å². The number of furan rings is 1. The van der Waals surface area contributed by atoms with Gasteiger partial charge in [-0.25, -0.2) is 4.98 Å². The summed E-state index contributed by atoms with van der Waals surface area (Å²) in [6.07, 6.45) is 7.27. The monoisotopic (exact) mass is 402 g/mol. The third kappa shape index (κ3) is 5.18. The van der Waals surface area contributed by atoms with Crippen LogP contribution in [0.1, 0.15) is 17.0 Å². The van der Waals surface area contributed by atoms with Gasteiger partial charge in [-0.15, -0.1) is 11.3 Å². The number of hydrogen-bond acceptors (Lipinski definition) is 7. The summed E-state index contributed by atoms with van der Waals surface area (Å²) in [6, 6.07) is 6.23. The van der Waals surface area contributed by atoms with Crippen molar-refractivity contribution in [1.82, 2.24) is 15.3 Å². The van der Waals surface area contributed by atoms with Crippen molar-refractivity contribution in [3.05, 3.63) is 54.1 Å². The van der Waals surface area contributed by atoms with Crippen molar-refractivity contribution in [2.75, 3.05) is 17.3 Å². The van der Waals surface area contributed by atoms with Crippen molar-refractivity contribution >= 4 is 40.0 Å². The van der Waals surface area contributed by atoms with Crippen LogP contribution >= 0.6 is 23.1 Å². The summed E-state index contributed by atoms with van der Waals surface area (Å²) in [5, 5.41) is 7.83. The lowest BCUT2D eigenvalue weighted by Gasteiger charge is -2.16. The molecule has 0 fully saturated rings. The number of rotatable bonds is 8. The zero-order valence-electron chi connectivity index (χ0n) is 14.5. The number of thiazole rings is 1. The lowest BCUT2D eigenvalue weighted by atomic mass is 10.2. The van der Waals surface area contributed by atoms with Crippen molar-refractivity contribution < 1.29 is 14.0 Å². The molecule has 0 aromatic carbocycles. The lowest BCUT2D eigenvalue weighted by Crippen LogP contribution is -2.44. The van der Waals surface area contributed by atoms with E-state index in [4.69, 9.17) is 4.42 Å². The van der Waals surface area contributed by atoms with Crippen LogP contribution in [0.5, 0.6) is 0 Å². The van der Waals surface area contributed by atoms with Crippen molar-refractivity contribution in [2.45, 2.75) is 12.5 Å². The average Bonchev–Trinajstić information content (AvgIpc) is 3.37. The predicted octanol–water partition coefficient (Wildman–Crippen LogP) is 3.29. The summed E-state index contributed by atoms with van der Waals surface area (Å²) in [5.41, 5.74) is 1.61. The molecule has 0 saturated carbocycles. The maximum Gasteiger partial charge on any atom is 0.287 e. The van der Waals surface area contributed by atoms with E-state index in [1.54, 1.807) is 36.3 Å². The Morgan fingerprint density at radius 3 is 2.93 bits per heavy atom. The molecule has 140 valence electrons. The molecule has 7 nitrogen and oxygen atoms in total. The molecule has 27 heavy (non-hydrogen) atoms. The van der Waals surface area contributed by atoms with Crippen LogP contribution < -0.4 is 10.6 Å². The fourth-order valence-electron chi connectivity index (χ4n) is 2.31. The van der Waals surface area contributed by atoms with Crippen LogP contribution in [0.25, 0.3) is 11.3 Å². The SMILES string of the molecule is CSCCC(NC(=O)c1ccco1)C(=O)Nc1nc(-c2cccnc2)cs1. The van der Waals surface area contributed by atoms with E-state index in [1.165, 1.54) is 17.6 Å². The van der Waals surface area contributed by atoms with E-state index in [2.05, 4.69) is 20.6 Å². The van der Waals surface area contributed by atoms with E-state index >= 15 is 0 Å². The first kappa shape index (κ1) is 19.1. The highest BCUT2D eigenvalue weighted by molar-refractivity contribution is 7.98. The van der Waals surface area contributed by atoms with Crippen molar-refractivity contribution in [3.63, 3.8) is 0 Å². The molecule has 0 aliphatic rings. The maximum atomic E-state index is 12.7. The molecule has 0 aliphatic heterocycles. The number of aromatic nitrogens is 2. The van der Waals surface area contributed by atoms with E-state index in [0.29, 0.717) is 11.6 Å². The zero-order chi connectivity index (χ0) is 19.1. The minimum atomic E-state index is -0.680. The smallest absolute Gasteiger partial charge is 0.287 e. The molecular weight excluding hydrogens is 384 g/mol. The second kappa shape index (κ2) is 9.33. The Kier molecular flexibility index (Phi) is 6.61. The number of hydrogen-bond donors (Lipinski definition) is 2. The van der Waals surface area contributed by atoms with Gasteiger partial charge in [-0.3, -0.25) is 14.6 Å². The Hall–Kier alpha value is -2.65. The van der Waals surface area contributed by atoms with E-state index in [-0.39, 0.29) is 11.7 Å². The van der Waals surface area contributed by atoms with Gasteiger partial charge in [-0.1, -0.05) is 0 Å². The summed E-state index contributed by atoms with van der Waals surface area (Å²) in [7, 11) is 0. The first-order valence-corrected chi connectivity index (χ1v) is 10.4. The van der Waals surface area contributed by atoms with Crippen LogP contribution in [-0.4, -0.2) is 39.8 Å². The van der Waals surface area contributed by atoms with Gasteiger partial charge in [0.05, 0.1) is 12.0 Å². The Morgan fingerprint density at radius 1 is 1.33 bits per heavy atom. The molecule has 0 bridgehead atoms. The number of thioether (sulfide) groups is 1. The van der Waals surface area contributed by atoms with Gasteiger partial charge in [0.1, 0.15) is 6.04 Å². The minimum absolute atomic E-state index is 0.171. The molecule has 3 rings (SSSR count). The van der Waals surface area contributed by atoms with Crippen LogP contribution in [0.15, 0.2) is 52.7 Å². The number of anilines is 1. The lowest BCUT2D eigenvalue weighted by molar-refractivity contribution is -0.118. The fraction of sp³-hybridized carbons (Fsp3) is 0.222. The van der Waals surface area contributed by atoms with Gasteiger partial charge in [-0.2, -0.15) is 11.8 Å². The van der Waals surface area contributed by atoms with Gasteiger partial charge in [-0.05, 0) is 42.7 Å². The first-order valence-electron chi connectivity index (χ1n) is 8.17. The van der Waals surface area contributed by atoms with Crippen LogP contribution in [-0.2, 0) is 4.79 Å². The van der Waals surface area contributed by atoms with Gasteiger partial charge in [0.25, 0.3) is 5.91 Å². The predicted molar refractivity (Wildman–Crippen MR) is 107 cm³/mol. The Morgan fingerprint density at radius 2 is 2.22 bits per heavy atom.